The average Bonchev–Trinajstić information content (AvgIpc) is 3.92. The van der Waals surface area contributed by atoms with Crippen LogP contribution < -0.4 is 5.14 Å². The number of allylic oxidation sites excluding steroid dienone is 4. The predicted octanol–water partition coefficient (Wildman–Crippen LogP) is 6.44. The molecule has 0 saturated heterocycles. The van der Waals surface area contributed by atoms with Gasteiger partial charge in [0.2, 0.25) is 15.2 Å². The number of aromatic carboxylic acids is 1. The minimum atomic E-state index is -4.27. The highest BCUT2D eigenvalue weighted by Crippen LogP contribution is 2.45. The molecular formula is C33H30F2N4O4S2. The fourth-order valence-corrected chi connectivity index (χ4v) is 7.34. The van der Waals surface area contributed by atoms with Crippen LogP contribution >= 0.6 is 11.3 Å². The fraction of sp³-hybridized carbons (Fsp3) is 0.303. The molecule has 2 saturated carbocycles. The highest BCUT2D eigenvalue weighted by atomic mass is 32.2. The molecule has 4 aromatic rings. The maximum atomic E-state index is 17.4. The van der Waals surface area contributed by atoms with Gasteiger partial charge in [0.25, 0.3) is 0 Å². The topological polar surface area (TPSA) is 128 Å². The second-order valence-corrected chi connectivity index (χ2v) is 14.5. The summed E-state index contributed by atoms with van der Waals surface area (Å²) in [6.07, 6.45) is 10.0. The summed E-state index contributed by atoms with van der Waals surface area (Å²) < 4.78 is 57.6. The summed E-state index contributed by atoms with van der Waals surface area (Å²) in [5, 5.41) is 21.2. The Hall–Kier alpha value is -4.00. The average molecular weight is 649 g/mol. The van der Waals surface area contributed by atoms with Crippen molar-refractivity contribution in [3.05, 3.63) is 111 Å². The molecule has 8 nitrogen and oxygen atoms in total. The van der Waals surface area contributed by atoms with Gasteiger partial charge in [-0.1, -0.05) is 42.5 Å². The predicted molar refractivity (Wildman–Crippen MR) is 166 cm³/mol. The van der Waals surface area contributed by atoms with Crippen LogP contribution in [0.1, 0.15) is 82.2 Å². The van der Waals surface area contributed by atoms with Crippen LogP contribution in [0.25, 0.3) is 10.7 Å². The lowest BCUT2D eigenvalue weighted by Gasteiger charge is -2.26. The van der Waals surface area contributed by atoms with Gasteiger partial charge in [-0.15, -0.1) is 11.3 Å². The normalized spacial score (nSPS) is 19.9. The quantitative estimate of drug-likeness (QED) is 0.204. The zero-order valence-electron chi connectivity index (χ0n) is 24.1. The lowest BCUT2D eigenvalue weighted by atomic mass is 9.82. The van der Waals surface area contributed by atoms with Gasteiger partial charge in [0, 0.05) is 23.8 Å². The Labute approximate surface area is 263 Å². The first kappa shape index (κ1) is 29.7. The van der Waals surface area contributed by atoms with Gasteiger partial charge in [-0.2, -0.15) is 5.10 Å². The number of hydrogen-bond acceptors (Lipinski definition) is 6. The number of hydrogen-bond donors (Lipinski definition) is 2. The molecule has 2 aromatic heterocycles. The number of rotatable bonds is 10. The van der Waals surface area contributed by atoms with E-state index in [0.29, 0.717) is 40.2 Å². The number of primary sulfonamides is 1. The van der Waals surface area contributed by atoms with Gasteiger partial charge in [0.05, 0.1) is 5.69 Å². The van der Waals surface area contributed by atoms with Gasteiger partial charge >= 0.3 is 5.97 Å². The molecule has 0 bridgehead atoms. The van der Waals surface area contributed by atoms with E-state index in [0.717, 1.165) is 47.4 Å². The lowest BCUT2D eigenvalue weighted by Crippen LogP contribution is -2.22. The Morgan fingerprint density at radius 2 is 1.89 bits per heavy atom. The summed E-state index contributed by atoms with van der Waals surface area (Å²) in [7, 11) is -4.27. The van der Waals surface area contributed by atoms with Gasteiger partial charge < -0.3 is 5.11 Å². The van der Waals surface area contributed by atoms with Crippen molar-refractivity contribution in [2.75, 3.05) is 0 Å². The molecular weight excluding hydrogens is 619 g/mol. The smallest absolute Gasteiger partial charge is 0.355 e. The van der Waals surface area contributed by atoms with Crippen molar-refractivity contribution in [1.82, 2.24) is 14.8 Å². The number of thiazole rings is 1. The van der Waals surface area contributed by atoms with Gasteiger partial charge in [-0.25, -0.2) is 36.8 Å². The van der Waals surface area contributed by atoms with Crippen LogP contribution in [0.3, 0.4) is 0 Å². The number of carboxylic acid groups (broad SMARTS) is 1. The fourth-order valence-electron chi connectivity index (χ4n) is 5.98. The number of carbonyl (C=O) groups is 1. The number of halogens is 2. The number of nitrogens with zero attached hydrogens (tertiary/aromatic N) is 3. The van der Waals surface area contributed by atoms with Crippen molar-refractivity contribution in [1.29, 1.82) is 0 Å². The number of nitrogens with two attached hydrogens (primary N) is 1. The van der Waals surface area contributed by atoms with Crippen molar-refractivity contribution in [2.45, 2.75) is 61.4 Å². The summed E-state index contributed by atoms with van der Waals surface area (Å²) in [6.45, 7) is 0. The SMILES string of the molecule is NS(=O)(=O)c1ccc(Cc2c(C3(F)C=CC=C(c4ccc(C5CC5)cc4)C3)nn(-c3nc(C(=O)O)cs3)c2CC2CC2)cc1F. The molecule has 3 N–H and O–H groups in total. The summed E-state index contributed by atoms with van der Waals surface area (Å²) in [5.41, 5.74) is 2.58. The zero-order valence-corrected chi connectivity index (χ0v) is 25.8. The maximum absolute atomic E-state index is 17.4. The molecule has 2 aromatic carbocycles. The third-order valence-electron chi connectivity index (χ3n) is 8.67. The molecule has 0 aliphatic heterocycles. The van der Waals surface area contributed by atoms with Crippen LogP contribution in [0.5, 0.6) is 0 Å². The highest BCUT2D eigenvalue weighted by Gasteiger charge is 2.40. The van der Waals surface area contributed by atoms with Gasteiger partial charge in [-0.3, -0.25) is 0 Å². The first-order valence-electron chi connectivity index (χ1n) is 14.8. The summed E-state index contributed by atoms with van der Waals surface area (Å²) in [5.74, 6) is -1.23. The van der Waals surface area contributed by atoms with E-state index in [-0.39, 0.29) is 24.2 Å². The molecule has 45 heavy (non-hydrogen) atoms. The van der Waals surface area contributed by atoms with Crippen molar-refractivity contribution in [2.24, 2.45) is 11.1 Å². The van der Waals surface area contributed by atoms with Crippen LogP contribution in [0.15, 0.2) is 71.0 Å². The van der Waals surface area contributed by atoms with Crippen LogP contribution in [0, 0.1) is 11.7 Å². The molecule has 12 heteroatoms. The van der Waals surface area contributed by atoms with Crippen molar-refractivity contribution in [3.63, 3.8) is 0 Å². The minimum Gasteiger partial charge on any atom is -0.476 e. The largest absolute Gasteiger partial charge is 0.476 e. The molecule has 0 radical (unpaired) electrons. The third kappa shape index (κ3) is 6.01. The number of sulfonamides is 1. The molecule has 2 fully saturated rings. The Bertz CT molecular complexity index is 1990. The van der Waals surface area contributed by atoms with Gasteiger partial charge in [-0.05, 0) is 84.4 Å². The van der Waals surface area contributed by atoms with Crippen molar-refractivity contribution >= 4 is 32.9 Å². The molecule has 3 aliphatic rings. The van der Waals surface area contributed by atoms with Crippen molar-refractivity contribution < 1.29 is 27.1 Å². The molecule has 0 spiro atoms. The molecule has 2 heterocycles. The van der Waals surface area contributed by atoms with Crippen molar-refractivity contribution in [3.8, 4) is 5.13 Å². The maximum Gasteiger partial charge on any atom is 0.355 e. The Kier molecular flexibility index (Phi) is 7.33. The van der Waals surface area contributed by atoms with E-state index in [1.165, 1.54) is 40.6 Å². The number of aromatic nitrogens is 3. The second kappa shape index (κ2) is 11.1. The first-order valence-corrected chi connectivity index (χ1v) is 17.2. The zero-order chi connectivity index (χ0) is 31.5. The second-order valence-electron chi connectivity index (χ2n) is 12.1. The molecule has 232 valence electrons. The molecule has 1 unspecified atom stereocenters. The number of carboxylic acids is 1. The first-order chi connectivity index (χ1) is 21.5. The lowest BCUT2D eigenvalue weighted by molar-refractivity contribution is 0.0691. The minimum absolute atomic E-state index is 0.0100. The number of alkyl halides is 1. The third-order valence-corrected chi connectivity index (χ3v) is 10.4. The highest BCUT2D eigenvalue weighted by molar-refractivity contribution is 7.89. The van der Waals surface area contributed by atoms with Crippen LogP contribution in [0.4, 0.5) is 8.78 Å². The Balaban J connectivity index is 1.33. The summed E-state index contributed by atoms with van der Waals surface area (Å²) in [4.78, 5) is 15.3. The van der Waals surface area contributed by atoms with Gasteiger partial charge in [0.15, 0.2) is 11.4 Å². The van der Waals surface area contributed by atoms with Crippen LogP contribution in [-0.2, 0) is 28.5 Å². The number of benzene rings is 2. The van der Waals surface area contributed by atoms with Crippen LogP contribution in [0.2, 0.25) is 0 Å². The van der Waals surface area contributed by atoms with E-state index < -0.39 is 32.4 Å². The molecule has 0 amide bonds. The van der Waals surface area contributed by atoms with E-state index in [1.807, 2.05) is 18.2 Å². The van der Waals surface area contributed by atoms with E-state index in [9.17, 15) is 22.7 Å². The molecule has 3 aliphatic carbocycles. The monoisotopic (exact) mass is 648 g/mol. The van der Waals surface area contributed by atoms with E-state index >= 15 is 4.39 Å². The Morgan fingerprint density at radius 3 is 2.51 bits per heavy atom. The summed E-state index contributed by atoms with van der Waals surface area (Å²) >= 11 is 1.10. The molecule has 7 rings (SSSR count). The van der Waals surface area contributed by atoms with E-state index in [2.05, 4.69) is 17.1 Å². The van der Waals surface area contributed by atoms with Crippen LogP contribution in [-0.4, -0.2) is 34.3 Å². The van der Waals surface area contributed by atoms with E-state index in [1.54, 1.807) is 6.08 Å². The molecule has 1 atom stereocenters. The Morgan fingerprint density at radius 1 is 1.13 bits per heavy atom. The van der Waals surface area contributed by atoms with Gasteiger partial charge in [0.1, 0.15) is 16.4 Å². The van der Waals surface area contributed by atoms with E-state index in [4.69, 9.17) is 10.2 Å². The standard InChI is InChI=1S/C33H30F2N4O4S2/c34-26-15-20(5-12-29(26)45(36,42)43)14-25-28(16-19-3-4-19)39(32-37-27(18-44-32)31(40)41)38-30(25)33(35)13-1-2-24(17-33)23-10-8-22(9-11-23)21-6-7-21/h1-2,5,8-13,15,18-19,21H,3-4,6-7,14,16-17H2,(H,40,41)(H2,36,42,43). The summed E-state index contributed by atoms with van der Waals surface area (Å²) in [6, 6.07) is 11.9.